The van der Waals surface area contributed by atoms with Gasteiger partial charge in [-0.05, 0) is 40.7 Å². The maximum atomic E-state index is 13.3. The molecule has 0 spiro atoms. The molecule has 6 heteroatoms. The minimum atomic E-state index is -0.289. The molecule has 2 unspecified atom stereocenters. The minimum absolute atomic E-state index is 0.136. The molecule has 2 heterocycles. The largest absolute Gasteiger partial charge is 0.353 e. The Hall–Kier alpha value is -3.41. The Balaban J connectivity index is 1.58. The second-order valence-corrected chi connectivity index (χ2v) is 7.41. The second kappa shape index (κ2) is 6.64. The molecule has 0 saturated carbocycles. The first-order chi connectivity index (χ1) is 13.7. The fraction of sp³-hybridized carbons (Fsp3) is 0.227. The van der Waals surface area contributed by atoms with Crippen molar-refractivity contribution in [1.29, 1.82) is 0 Å². The molecule has 1 aliphatic carbocycles. The van der Waals surface area contributed by atoms with Crippen LogP contribution in [0.2, 0.25) is 0 Å². The molecule has 0 bridgehead atoms. The van der Waals surface area contributed by atoms with Crippen LogP contribution in [0, 0.1) is 6.92 Å². The van der Waals surface area contributed by atoms with Gasteiger partial charge in [0.2, 0.25) is 11.6 Å². The maximum absolute atomic E-state index is 13.3. The van der Waals surface area contributed by atoms with Crippen molar-refractivity contribution in [3.8, 4) is 0 Å². The van der Waals surface area contributed by atoms with Crippen LogP contribution in [-0.4, -0.2) is 16.1 Å². The predicted molar refractivity (Wildman–Crippen MR) is 106 cm³/mol. The van der Waals surface area contributed by atoms with Gasteiger partial charge >= 0.3 is 0 Å². The Morgan fingerprint density at radius 1 is 0.929 bits per heavy atom. The maximum Gasteiger partial charge on any atom is 0.219 e. The van der Waals surface area contributed by atoms with Crippen LogP contribution in [0.4, 0.5) is 11.6 Å². The number of benzene rings is 2. The van der Waals surface area contributed by atoms with Gasteiger partial charge in [0.05, 0.1) is 6.04 Å². The van der Waals surface area contributed by atoms with E-state index in [1.807, 2.05) is 30.3 Å². The molecule has 0 saturated heterocycles. The average molecular weight is 372 g/mol. The van der Waals surface area contributed by atoms with Crippen LogP contribution in [0.1, 0.15) is 41.5 Å². The molecule has 6 nitrogen and oxygen atoms in total. The van der Waals surface area contributed by atoms with Gasteiger partial charge in [0.25, 0.3) is 0 Å². The molecule has 1 aromatic heterocycles. The van der Waals surface area contributed by atoms with Crippen molar-refractivity contribution < 1.29 is 9.42 Å². The number of carbonyl (C=O) groups is 1. The fourth-order valence-corrected chi connectivity index (χ4v) is 4.07. The number of aryl methyl sites for hydroxylation is 1. The molecule has 5 rings (SSSR count). The van der Waals surface area contributed by atoms with Crippen molar-refractivity contribution in [1.82, 2.24) is 10.3 Å². The molecule has 0 radical (unpaired) electrons. The predicted octanol–water partition coefficient (Wildman–Crippen LogP) is 4.36. The van der Waals surface area contributed by atoms with Gasteiger partial charge in [0.15, 0.2) is 5.78 Å². The van der Waals surface area contributed by atoms with Gasteiger partial charge in [0, 0.05) is 17.7 Å². The van der Waals surface area contributed by atoms with E-state index in [0.717, 1.165) is 23.3 Å². The fourth-order valence-electron chi connectivity index (χ4n) is 4.07. The molecule has 2 atom stereocenters. The number of nitrogens with zero attached hydrogens (tertiary/aromatic N) is 2. The van der Waals surface area contributed by atoms with Gasteiger partial charge in [-0.3, -0.25) is 4.79 Å². The molecule has 1 aliphatic heterocycles. The van der Waals surface area contributed by atoms with E-state index in [4.69, 9.17) is 4.63 Å². The smallest absolute Gasteiger partial charge is 0.219 e. The molecule has 28 heavy (non-hydrogen) atoms. The van der Waals surface area contributed by atoms with Gasteiger partial charge in [-0.1, -0.05) is 60.2 Å². The lowest BCUT2D eigenvalue weighted by molar-refractivity contribution is -0.116. The number of rotatable bonds is 2. The molecule has 2 aromatic carbocycles. The number of anilines is 2. The number of nitrogens with one attached hydrogen (secondary N) is 2. The van der Waals surface area contributed by atoms with Gasteiger partial charge in [-0.25, -0.2) is 4.63 Å². The summed E-state index contributed by atoms with van der Waals surface area (Å²) in [5.41, 5.74) is 5.05. The van der Waals surface area contributed by atoms with Crippen molar-refractivity contribution in [2.75, 3.05) is 10.6 Å². The van der Waals surface area contributed by atoms with E-state index < -0.39 is 0 Å². The van der Waals surface area contributed by atoms with Gasteiger partial charge in [-0.15, -0.1) is 0 Å². The number of aromatic nitrogens is 2. The van der Waals surface area contributed by atoms with Crippen LogP contribution in [0.15, 0.2) is 70.5 Å². The van der Waals surface area contributed by atoms with Crippen LogP contribution >= 0.6 is 0 Å². The monoisotopic (exact) mass is 372 g/mol. The SMILES string of the molecule is Cc1ccc(C2CC(=O)C3=C(C2)Nc2nonc2NC3c2ccccc2)cc1. The van der Waals surface area contributed by atoms with Gasteiger partial charge < -0.3 is 10.6 Å². The summed E-state index contributed by atoms with van der Waals surface area (Å²) >= 11 is 0. The van der Waals surface area contributed by atoms with Gasteiger partial charge in [-0.2, -0.15) is 0 Å². The van der Waals surface area contributed by atoms with E-state index in [0.29, 0.717) is 18.1 Å². The lowest BCUT2D eigenvalue weighted by Gasteiger charge is -2.29. The van der Waals surface area contributed by atoms with Crippen LogP contribution in [0.25, 0.3) is 0 Å². The molecule has 2 N–H and O–H groups in total. The number of ketones is 1. The first kappa shape index (κ1) is 16.7. The van der Waals surface area contributed by atoms with Gasteiger partial charge in [0.1, 0.15) is 0 Å². The van der Waals surface area contributed by atoms with E-state index >= 15 is 0 Å². The molecular formula is C22H20N4O2. The molecule has 140 valence electrons. The highest BCUT2D eigenvalue weighted by atomic mass is 16.6. The van der Waals surface area contributed by atoms with Crippen molar-refractivity contribution in [2.24, 2.45) is 0 Å². The third-order valence-corrected chi connectivity index (χ3v) is 5.52. The van der Waals surface area contributed by atoms with Crippen molar-refractivity contribution in [2.45, 2.75) is 31.7 Å². The van der Waals surface area contributed by atoms with E-state index in [-0.39, 0.29) is 17.7 Å². The summed E-state index contributed by atoms with van der Waals surface area (Å²) in [6.07, 6.45) is 1.23. The highest BCUT2D eigenvalue weighted by molar-refractivity contribution is 6.00. The first-order valence-electron chi connectivity index (χ1n) is 9.43. The number of hydrogen-bond acceptors (Lipinski definition) is 6. The number of fused-ring (bicyclic) bond motifs is 1. The number of allylic oxidation sites excluding steroid dienone is 1. The Morgan fingerprint density at radius 3 is 2.46 bits per heavy atom. The summed E-state index contributed by atoms with van der Waals surface area (Å²) in [5.74, 6) is 1.31. The lowest BCUT2D eigenvalue weighted by atomic mass is 9.78. The van der Waals surface area contributed by atoms with E-state index in [1.54, 1.807) is 0 Å². The van der Waals surface area contributed by atoms with Crippen LogP contribution in [0.3, 0.4) is 0 Å². The van der Waals surface area contributed by atoms with E-state index in [9.17, 15) is 4.79 Å². The Bertz CT molecular complexity index is 1050. The first-order valence-corrected chi connectivity index (χ1v) is 9.43. The lowest BCUT2D eigenvalue weighted by Crippen LogP contribution is -2.27. The van der Waals surface area contributed by atoms with Crippen molar-refractivity contribution in [3.63, 3.8) is 0 Å². The zero-order chi connectivity index (χ0) is 19.1. The quantitative estimate of drug-likeness (QED) is 0.696. The summed E-state index contributed by atoms with van der Waals surface area (Å²) in [5, 5.41) is 14.6. The average Bonchev–Trinajstić information content (AvgIpc) is 3.08. The van der Waals surface area contributed by atoms with Crippen LogP contribution in [0.5, 0.6) is 0 Å². The molecule has 2 aliphatic rings. The van der Waals surface area contributed by atoms with Crippen molar-refractivity contribution in [3.05, 3.63) is 82.6 Å². The highest BCUT2D eigenvalue weighted by Gasteiger charge is 2.37. The topological polar surface area (TPSA) is 80.1 Å². The summed E-state index contributed by atoms with van der Waals surface area (Å²) in [6, 6.07) is 18.1. The van der Waals surface area contributed by atoms with Crippen molar-refractivity contribution >= 4 is 17.4 Å². The van der Waals surface area contributed by atoms with E-state index in [2.05, 4.69) is 52.1 Å². The Morgan fingerprint density at radius 2 is 1.68 bits per heavy atom. The summed E-state index contributed by atoms with van der Waals surface area (Å²) in [7, 11) is 0. The standard InChI is InChI=1S/C22H20N4O2/c1-13-7-9-14(10-8-13)16-11-17-19(18(27)12-16)20(15-5-3-2-4-6-15)24-22-21(23-17)25-28-26-22/h2-10,16,20H,11-12H2,1H3,(H,23,25)(H,24,26). The van der Waals surface area contributed by atoms with Crippen LogP contribution < -0.4 is 10.6 Å². The van der Waals surface area contributed by atoms with E-state index in [1.165, 1.54) is 11.1 Å². The minimum Gasteiger partial charge on any atom is -0.353 e. The summed E-state index contributed by atoms with van der Waals surface area (Å²) < 4.78 is 4.91. The third-order valence-electron chi connectivity index (χ3n) is 5.52. The molecule has 0 amide bonds. The molecule has 3 aromatic rings. The second-order valence-electron chi connectivity index (χ2n) is 7.41. The summed E-state index contributed by atoms with van der Waals surface area (Å²) in [6.45, 7) is 2.07. The zero-order valence-corrected chi connectivity index (χ0v) is 15.5. The normalized spacial score (nSPS) is 21.2. The number of Topliss-reactive ketones (excluding diaryl/α,β-unsaturated/α-hetero) is 1. The summed E-state index contributed by atoms with van der Waals surface area (Å²) in [4.78, 5) is 13.3. The Labute approximate surface area is 162 Å². The highest BCUT2D eigenvalue weighted by Crippen LogP contribution is 2.43. The number of hydrogen-bond donors (Lipinski definition) is 2. The van der Waals surface area contributed by atoms with Crippen LogP contribution in [-0.2, 0) is 4.79 Å². The Kier molecular flexibility index (Phi) is 3.97. The molecule has 0 fully saturated rings. The number of carbonyl (C=O) groups excluding carboxylic acids is 1. The molecular weight excluding hydrogens is 352 g/mol. The third kappa shape index (κ3) is 2.87. The zero-order valence-electron chi connectivity index (χ0n) is 15.5.